The molecule has 0 saturated heterocycles. The molecule has 0 radical (unpaired) electrons. The average Bonchev–Trinajstić information content (AvgIpc) is 3.08. The molecule has 0 aliphatic carbocycles. The second kappa shape index (κ2) is 10.3. The molecular weight excluding hydrogens is 346 g/mol. The van der Waals surface area contributed by atoms with Crippen molar-refractivity contribution in [2.45, 2.75) is 87.5 Å². The maximum atomic E-state index is 12.9. The third-order valence-electron chi connectivity index (χ3n) is 5.47. The average molecular weight is 390 g/mol. The van der Waals surface area contributed by atoms with Gasteiger partial charge in [0.05, 0.1) is 6.20 Å². The lowest BCUT2D eigenvalue weighted by Gasteiger charge is -2.34. The first kappa shape index (κ1) is 24.5. The van der Waals surface area contributed by atoms with Crippen LogP contribution >= 0.6 is 0 Å². The number of hydrogen-bond acceptors (Lipinski definition) is 2. The van der Waals surface area contributed by atoms with Crippen LogP contribution in [0.15, 0.2) is 24.5 Å². The molecule has 0 aliphatic heterocycles. The highest BCUT2D eigenvalue weighted by atomic mass is 16.2. The van der Waals surface area contributed by atoms with Crippen molar-refractivity contribution in [1.82, 2.24) is 15.5 Å². The second-order valence-corrected chi connectivity index (χ2v) is 10.6. The molecule has 1 rings (SSSR count). The van der Waals surface area contributed by atoms with E-state index in [2.05, 4.69) is 83.1 Å². The Bertz CT molecular complexity index is 610. The summed E-state index contributed by atoms with van der Waals surface area (Å²) in [7, 11) is 0. The Hall–Kier alpha value is -1.58. The van der Waals surface area contributed by atoms with Crippen LogP contribution in [0.4, 0.5) is 0 Å². The Morgan fingerprint density at radius 2 is 1.93 bits per heavy atom. The highest BCUT2D eigenvalue weighted by molar-refractivity contribution is 5.82. The molecule has 4 heteroatoms. The van der Waals surface area contributed by atoms with E-state index in [1.165, 1.54) is 12.0 Å². The molecule has 2 atom stereocenters. The third-order valence-corrected chi connectivity index (χ3v) is 5.47. The lowest BCUT2D eigenvalue weighted by atomic mass is 9.71. The van der Waals surface area contributed by atoms with Crippen LogP contribution in [-0.2, 0) is 11.2 Å². The zero-order chi connectivity index (χ0) is 21.4. The molecule has 160 valence electrons. The van der Waals surface area contributed by atoms with Gasteiger partial charge in [0.2, 0.25) is 5.91 Å². The summed E-state index contributed by atoms with van der Waals surface area (Å²) >= 11 is 0. The van der Waals surface area contributed by atoms with Gasteiger partial charge in [-0.3, -0.25) is 9.89 Å². The van der Waals surface area contributed by atoms with Gasteiger partial charge in [0.1, 0.15) is 0 Å². The molecule has 0 bridgehead atoms. The lowest BCUT2D eigenvalue weighted by molar-refractivity contribution is -0.131. The summed E-state index contributed by atoms with van der Waals surface area (Å²) in [6.07, 6.45) is 13.1. The van der Waals surface area contributed by atoms with Crippen LogP contribution in [0.5, 0.6) is 0 Å². The van der Waals surface area contributed by atoms with Gasteiger partial charge in [-0.15, -0.1) is 0 Å². The Kier molecular flexibility index (Phi) is 8.97. The first-order chi connectivity index (χ1) is 12.9. The fourth-order valence-corrected chi connectivity index (χ4v) is 4.01. The number of rotatable bonds is 11. The Morgan fingerprint density at radius 1 is 1.25 bits per heavy atom. The number of nitrogens with zero attached hydrogens (tertiary/aromatic N) is 1. The van der Waals surface area contributed by atoms with E-state index in [1.807, 2.05) is 12.4 Å². The molecule has 0 saturated carbocycles. The Labute approximate surface area is 173 Å². The van der Waals surface area contributed by atoms with Crippen LogP contribution in [0.3, 0.4) is 0 Å². The number of aromatic amines is 1. The van der Waals surface area contributed by atoms with Crippen LogP contribution in [0.2, 0.25) is 0 Å². The summed E-state index contributed by atoms with van der Waals surface area (Å²) in [5.74, 6) is 0.718. The maximum Gasteiger partial charge on any atom is 0.225 e. The van der Waals surface area contributed by atoms with Gasteiger partial charge in [-0.05, 0) is 54.4 Å². The van der Waals surface area contributed by atoms with E-state index in [4.69, 9.17) is 0 Å². The van der Waals surface area contributed by atoms with Crippen molar-refractivity contribution in [2.24, 2.45) is 22.2 Å². The van der Waals surface area contributed by atoms with Crippen molar-refractivity contribution >= 4 is 5.91 Å². The number of amides is 1. The summed E-state index contributed by atoms with van der Waals surface area (Å²) < 4.78 is 0. The molecular formula is C24H43N3O. The first-order valence-electron chi connectivity index (χ1n) is 10.8. The molecule has 1 amide bonds. The highest BCUT2D eigenvalue weighted by Gasteiger charge is 2.36. The fourth-order valence-electron chi connectivity index (χ4n) is 4.01. The topological polar surface area (TPSA) is 57.8 Å². The van der Waals surface area contributed by atoms with Gasteiger partial charge in [-0.25, -0.2) is 0 Å². The molecule has 1 heterocycles. The number of nitrogens with one attached hydrogen (secondary N) is 2. The fraction of sp³-hybridized carbons (Fsp3) is 0.750. The minimum atomic E-state index is -0.350. The smallest absolute Gasteiger partial charge is 0.225 e. The van der Waals surface area contributed by atoms with Gasteiger partial charge in [0.25, 0.3) is 0 Å². The van der Waals surface area contributed by atoms with Crippen molar-refractivity contribution in [2.75, 3.05) is 6.54 Å². The van der Waals surface area contributed by atoms with E-state index >= 15 is 0 Å². The van der Waals surface area contributed by atoms with Gasteiger partial charge in [0.15, 0.2) is 0 Å². The first-order valence-corrected chi connectivity index (χ1v) is 10.8. The lowest BCUT2D eigenvalue weighted by Crippen LogP contribution is -2.41. The SMILES string of the molecule is CCC(C)(CC(C)(C)/C=C\C(C)CC(C)(C)C)C(=O)NCCCc1cn[nH]c1. The van der Waals surface area contributed by atoms with Crippen LogP contribution in [0, 0.1) is 22.2 Å². The molecule has 2 unspecified atom stereocenters. The molecule has 0 spiro atoms. The normalized spacial score (nSPS) is 16.1. The molecule has 1 aromatic heterocycles. The van der Waals surface area contributed by atoms with E-state index in [1.54, 1.807) is 0 Å². The van der Waals surface area contributed by atoms with Gasteiger partial charge < -0.3 is 5.32 Å². The number of hydrogen-bond donors (Lipinski definition) is 2. The van der Waals surface area contributed by atoms with Crippen LogP contribution in [0.25, 0.3) is 0 Å². The van der Waals surface area contributed by atoms with E-state index in [9.17, 15) is 4.79 Å². The minimum absolute atomic E-state index is 0.00889. The quantitative estimate of drug-likeness (QED) is 0.364. The molecule has 0 aromatic carbocycles. The van der Waals surface area contributed by atoms with E-state index < -0.39 is 0 Å². The van der Waals surface area contributed by atoms with Crippen LogP contribution in [-0.4, -0.2) is 22.6 Å². The maximum absolute atomic E-state index is 12.9. The third kappa shape index (κ3) is 9.07. The van der Waals surface area contributed by atoms with Gasteiger partial charge >= 0.3 is 0 Å². The number of aromatic nitrogens is 2. The van der Waals surface area contributed by atoms with Crippen molar-refractivity contribution < 1.29 is 4.79 Å². The second-order valence-electron chi connectivity index (χ2n) is 10.6. The number of H-pyrrole nitrogens is 1. The molecule has 28 heavy (non-hydrogen) atoms. The zero-order valence-corrected chi connectivity index (χ0v) is 19.5. The van der Waals surface area contributed by atoms with E-state index in [0.29, 0.717) is 17.9 Å². The van der Waals surface area contributed by atoms with E-state index in [0.717, 1.165) is 25.7 Å². The summed E-state index contributed by atoms with van der Waals surface area (Å²) in [6.45, 7) is 18.6. The Morgan fingerprint density at radius 3 is 2.46 bits per heavy atom. The summed E-state index contributed by atoms with van der Waals surface area (Å²) in [4.78, 5) is 12.9. The zero-order valence-electron chi connectivity index (χ0n) is 19.5. The van der Waals surface area contributed by atoms with E-state index in [-0.39, 0.29) is 16.7 Å². The largest absolute Gasteiger partial charge is 0.356 e. The van der Waals surface area contributed by atoms with Crippen molar-refractivity contribution in [3.63, 3.8) is 0 Å². The Balaban J connectivity index is 2.58. The molecule has 2 N–H and O–H groups in total. The summed E-state index contributed by atoms with van der Waals surface area (Å²) in [5.41, 5.74) is 1.16. The molecule has 4 nitrogen and oxygen atoms in total. The predicted molar refractivity (Wildman–Crippen MR) is 119 cm³/mol. The number of carbonyl (C=O) groups excluding carboxylic acids is 1. The molecule has 0 aliphatic rings. The van der Waals surface area contributed by atoms with Gasteiger partial charge in [0, 0.05) is 18.2 Å². The minimum Gasteiger partial charge on any atom is -0.356 e. The number of carbonyl (C=O) groups is 1. The molecule has 1 aromatic rings. The van der Waals surface area contributed by atoms with Crippen molar-refractivity contribution in [3.8, 4) is 0 Å². The summed E-state index contributed by atoms with van der Waals surface area (Å²) in [6, 6.07) is 0. The van der Waals surface area contributed by atoms with Gasteiger partial charge in [-0.1, -0.05) is 67.5 Å². The molecule has 0 fully saturated rings. The predicted octanol–water partition coefficient (Wildman–Crippen LogP) is 5.92. The number of allylic oxidation sites excluding steroid dienone is 2. The monoisotopic (exact) mass is 389 g/mol. The summed E-state index contributed by atoms with van der Waals surface area (Å²) in [5, 5.41) is 9.95. The number of aryl methyl sites for hydroxylation is 1. The van der Waals surface area contributed by atoms with Crippen LogP contribution < -0.4 is 5.32 Å². The van der Waals surface area contributed by atoms with Crippen molar-refractivity contribution in [1.29, 1.82) is 0 Å². The van der Waals surface area contributed by atoms with Gasteiger partial charge in [-0.2, -0.15) is 5.10 Å². The van der Waals surface area contributed by atoms with Crippen LogP contribution in [0.1, 0.15) is 86.6 Å². The standard InChI is InChI=1S/C24H43N3O/c1-9-24(8,21(28)25-14-10-11-20-16-26-27-17-20)18-23(6,7)13-12-19(2)15-22(3,4)5/h12-13,16-17,19H,9-11,14-15,18H2,1-8H3,(H,25,28)(H,26,27)/b13-12-. The highest BCUT2D eigenvalue weighted by Crippen LogP contribution is 2.38. The van der Waals surface area contributed by atoms with Crippen molar-refractivity contribution in [3.05, 3.63) is 30.1 Å².